The Bertz CT molecular complexity index is 908. The van der Waals surface area contributed by atoms with Crippen LogP contribution < -0.4 is 11.1 Å². The molecule has 0 fully saturated rings. The smallest absolute Gasteiger partial charge is 0.237 e. The number of rotatable bonds is 7. The minimum Gasteiger partial charge on any atom is -0.361 e. The molecule has 0 aliphatic carbocycles. The third-order valence-electron chi connectivity index (χ3n) is 4.96. The first kappa shape index (κ1) is 18.2. The van der Waals surface area contributed by atoms with Gasteiger partial charge in [0.15, 0.2) is 0 Å². The molecule has 3 rings (SSSR count). The third kappa shape index (κ3) is 3.65. The van der Waals surface area contributed by atoms with Crippen molar-refractivity contribution in [2.24, 2.45) is 5.73 Å². The predicted molar refractivity (Wildman–Crippen MR) is 104 cm³/mol. The Morgan fingerprint density at radius 2 is 2.12 bits per heavy atom. The molecule has 0 spiro atoms. The van der Waals surface area contributed by atoms with Crippen LogP contribution >= 0.6 is 0 Å². The van der Waals surface area contributed by atoms with Gasteiger partial charge in [-0.25, -0.2) is 0 Å². The van der Waals surface area contributed by atoms with Crippen molar-refractivity contribution < 1.29 is 4.79 Å². The first-order valence-corrected chi connectivity index (χ1v) is 9.12. The normalized spacial score (nSPS) is 12.5. The molecule has 0 saturated carbocycles. The van der Waals surface area contributed by atoms with Crippen LogP contribution in [0.4, 0.5) is 0 Å². The van der Waals surface area contributed by atoms with Crippen LogP contribution in [0.2, 0.25) is 0 Å². The number of aryl methyl sites for hydroxylation is 1. The number of nitrogens with zero attached hydrogens (tertiary/aromatic N) is 2. The van der Waals surface area contributed by atoms with Gasteiger partial charge in [0.25, 0.3) is 0 Å². The van der Waals surface area contributed by atoms with Gasteiger partial charge < -0.3 is 16.0 Å². The topological polar surface area (TPSA) is 88.7 Å². The Kier molecular flexibility index (Phi) is 5.42. The maximum Gasteiger partial charge on any atom is 0.237 e. The number of hydrogen-bond donors (Lipinski definition) is 3. The molecule has 6 heteroatoms. The van der Waals surface area contributed by atoms with Crippen LogP contribution in [0.15, 0.2) is 30.5 Å². The Hall–Kier alpha value is -2.60. The fourth-order valence-corrected chi connectivity index (χ4v) is 3.51. The molecule has 138 valence electrons. The van der Waals surface area contributed by atoms with Crippen LogP contribution in [0.5, 0.6) is 0 Å². The molecular formula is C20H27N5O. The minimum atomic E-state index is -0.569. The van der Waals surface area contributed by atoms with E-state index in [1.165, 1.54) is 11.3 Å². The summed E-state index contributed by atoms with van der Waals surface area (Å²) in [6.07, 6.45) is 3.41. The van der Waals surface area contributed by atoms with Crippen LogP contribution in [0.25, 0.3) is 10.9 Å². The van der Waals surface area contributed by atoms with Gasteiger partial charge >= 0.3 is 0 Å². The van der Waals surface area contributed by atoms with E-state index in [2.05, 4.69) is 29.2 Å². The largest absolute Gasteiger partial charge is 0.361 e. The SMILES string of the molecule is CCc1c(C)nn(CCNC(=O)[C@H](N)Cc2c[nH]c3ccccc23)c1C. The number of aromatic amines is 1. The van der Waals surface area contributed by atoms with Gasteiger partial charge in [0.1, 0.15) is 0 Å². The van der Waals surface area contributed by atoms with Crippen LogP contribution in [0, 0.1) is 13.8 Å². The van der Waals surface area contributed by atoms with Gasteiger partial charge in [-0.05, 0) is 43.9 Å². The van der Waals surface area contributed by atoms with E-state index in [1.54, 1.807) is 0 Å². The maximum absolute atomic E-state index is 12.3. The Morgan fingerprint density at radius 3 is 2.85 bits per heavy atom. The van der Waals surface area contributed by atoms with Crippen molar-refractivity contribution >= 4 is 16.8 Å². The molecule has 2 aromatic heterocycles. The highest BCUT2D eigenvalue weighted by atomic mass is 16.2. The van der Waals surface area contributed by atoms with Crippen molar-refractivity contribution in [3.63, 3.8) is 0 Å². The average Bonchev–Trinajstić information content (AvgIpc) is 3.15. The second-order valence-corrected chi connectivity index (χ2v) is 6.69. The van der Waals surface area contributed by atoms with Crippen molar-refractivity contribution in [2.75, 3.05) is 6.54 Å². The highest BCUT2D eigenvalue weighted by molar-refractivity contribution is 5.86. The number of H-pyrrole nitrogens is 1. The molecule has 0 saturated heterocycles. The summed E-state index contributed by atoms with van der Waals surface area (Å²) in [6.45, 7) is 7.40. The zero-order valence-electron chi connectivity index (χ0n) is 15.7. The lowest BCUT2D eigenvalue weighted by Gasteiger charge is -2.12. The first-order valence-electron chi connectivity index (χ1n) is 9.12. The van der Waals surface area contributed by atoms with Crippen molar-refractivity contribution in [1.82, 2.24) is 20.1 Å². The van der Waals surface area contributed by atoms with Gasteiger partial charge in [0, 0.05) is 29.3 Å². The van der Waals surface area contributed by atoms with E-state index < -0.39 is 6.04 Å². The standard InChI is InChI=1S/C20H27N5O/c1-4-16-13(2)24-25(14(16)3)10-9-22-20(26)18(21)11-15-12-23-19-8-6-5-7-17(15)19/h5-8,12,18,23H,4,9-11,21H2,1-3H3,(H,22,26)/t18-/m1/s1. The number of nitrogens with one attached hydrogen (secondary N) is 2. The summed E-state index contributed by atoms with van der Waals surface area (Å²) in [5.74, 6) is -0.132. The van der Waals surface area contributed by atoms with Crippen molar-refractivity contribution in [3.8, 4) is 0 Å². The molecule has 0 aliphatic rings. The van der Waals surface area contributed by atoms with E-state index in [0.29, 0.717) is 19.5 Å². The van der Waals surface area contributed by atoms with Crippen molar-refractivity contribution in [1.29, 1.82) is 0 Å². The summed E-state index contributed by atoms with van der Waals surface area (Å²) in [5, 5.41) is 8.59. The number of aromatic nitrogens is 3. The summed E-state index contributed by atoms with van der Waals surface area (Å²) < 4.78 is 1.96. The first-order chi connectivity index (χ1) is 12.5. The Morgan fingerprint density at radius 1 is 1.35 bits per heavy atom. The van der Waals surface area contributed by atoms with E-state index in [-0.39, 0.29) is 5.91 Å². The van der Waals surface area contributed by atoms with Crippen LogP contribution in [0.3, 0.4) is 0 Å². The number of para-hydroxylation sites is 1. The molecular weight excluding hydrogens is 326 g/mol. The molecule has 2 heterocycles. The number of fused-ring (bicyclic) bond motifs is 1. The van der Waals surface area contributed by atoms with Crippen molar-refractivity contribution in [3.05, 3.63) is 53.0 Å². The highest BCUT2D eigenvalue weighted by Crippen LogP contribution is 2.18. The lowest BCUT2D eigenvalue weighted by molar-refractivity contribution is -0.122. The quantitative estimate of drug-likeness (QED) is 0.608. The minimum absolute atomic E-state index is 0.132. The van der Waals surface area contributed by atoms with Crippen LogP contribution in [-0.4, -0.2) is 33.3 Å². The van der Waals surface area contributed by atoms with E-state index >= 15 is 0 Å². The van der Waals surface area contributed by atoms with E-state index in [4.69, 9.17) is 5.73 Å². The third-order valence-corrected chi connectivity index (χ3v) is 4.96. The number of hydrogen-bond acceptors (Lipinski definition) is 3. The molecule has 26 heavy (non-hydrogen) atoms. The van der Waals surface area contributed by atoms with Gasteiger partial charge in [0.2, 0.25) is 5.91 Å². The maximum atomic E-state index is 12.3. The summed E-state index contributed by atoms with van der Waals surface area (Å²) in [5.41, 5.74) is 11.8. The van der Waals surface area contributed by atoms with Gasteiger partial charge in [0.05, 0.1) is 18.3 Å². The van der Waals surface area contributed by atoms with E-state index in [9.17, 15) is 4.79 Å². The molecule has 1 aromatic carbocycles. The summed E-state index contributed by atoms with van der Waals surface area (Å²) >= 11 is 0. The fraction of sp³-hybridized carbons (Fsp3) is 0.400. The summed E-state index contributed by atoms with van der Waals surface area (Å²) in [7, 11) is 0. The average molecular weight is 353 g/mol. The lowest BCUT2D eigenvalue weighted by atomic mass is 10.1. The van der Waals surface area contributed by atoms with Gasteiger partial charge in [-0.1, -0.05) is 25.1 Å². The monoisotopic (exact) mass is 353 g/mol. The molecule has 3 aromatic rings. The number of amides is 1. The molecule has 0 unspecified atom stereocenters. The lowest BCUT2D eigenvalue weighted by Crippen LogP contribution is -2.43. The molecule has 4 N–H and O–H groups in total. The second kappa shape index (κ2) is 7.74. The molecule has 1 amide bonds. The zero-order valence-corrected chi connectivity index (χ0v) is 15.7. The number of carbonyl (C=O) groups is 1. The summed E-state index contributed by atoms with van der Waals surface area (Å²) in [6, 6.07) is 7.46. The number of carbonyl (C=O) groups excluding carboxylic acids is 1. The Balaban J connectivity index is 1.55. The van der Waals surface area contributed by atoms with Crippen LogP contribution in [-0.2, 0) is 24.2 Å². The van der Waals surface area contributed by atoms with E-state index in [1.807, 2.05) is 42.1 Å². The number of benzene rings is 1. The van der Waals surface area contributed by atoms with Crippen LogP contribution in [0.1, 0.15) is 29.4 Å². The molecule has 0 bridgehead atoms. The van der Waals surface area contributed by atoms with Crippen molar-refractivity contribution in [2.45, 2.75) is 46.2 Å². The van der Waals surface area contributed by atoms with E-state index in [0.717, 1.165) is 28.6 Å². The van der Waals surface area contributed by atoms with Gasteiger partial charge in [-0.15, -0.1) is 0 Å². The fourth-order valence-electron chi connectivity index (χ4n) is 3.51. The predicted octanol–water partition coefficient (Wildman–Crippen LogP) is 2.23. The Labute approximate surface area is 153 Å². The number of nitrogens with two attached hydrogens (primary N) is 1. The molecule has 0 aliphatic heterocycles. The highest BCUT2D eigenvalue weighted by Gasteiger charge is 2.16. The zero-order chi connectivity index (χ0) is 18.7. The second-order valence-electron chi connectivity index (χ2n) is 6.69. The molecule has 1 atom stereocenters. The molecule has 6 nitrogen and oxygen atoms in total. The van der Waals surface area contributed by atoms with Gasteiger partial charge in [-0.2, -0.15) is 5.10 Å². The summed E-state index contributed by atoms with van der Waals surface area (Å²) in [4.78, 5) is 15.6. The van der Waals surface area contributed by atoms with Gasteiger partial charge in [-0.3, -0.25) is 9.48 Å². The molecule has 0 radical (unpaired) electrons.